The lowest BCUT2D eigenvalue weighted by Gasteiger charge is -2.30. The standard InChI is InChI=1S/C44H79NO2/c1-4-6-8-10-12-14-16-18-20-22-24-26-28-30-32-34-36-44(46-42-38-41(40-45-3)39-43(42)47-44)37-35-33-31-29-27-25-23-21-19-17-15-13-11-9-7-5-2/h12-15,18-21,41-43,45H,4-11,16-17,22-40H2,1-3H3/b14-12-,15-13-,20-18-,21-19-/t41-,42-,43+. The normalized spacial score (nSPS) is 21.0. The Hall–Kier alpha value is -1.16. The minimum absolute atomic E-state index is 0.301. The molecule has 2 rings (SSSR count). The van der Waals surface area contributed by atoms with Crippen LogP contribution in [0.4, 0.5) is 0 Å². The predicted octanol–water partition coefficient (Wildman–Crippen LogP) is 13.5. The van der Waals surface area contributed by atoms with Gasteiger partial charge in [-0.25, -0.2) is 0 Å². The van der Waals surface area contributed by atoms with Gasteiger partial charge >= 0.3 is 0 Å². The van der Waals surface area contributed by atoms with Crippen molar-refractivity contribution in [2.24, 2.45) is 5.92 Å². The minimum Gasteiger partial charge on any atom is -0.344 e. The molecule has 0 spiro atoms. The first-order valence-corrected chi connectivity index (χ1v) is 20.8. The van der Waals surface area contributed by atoms with Crippen LogP contribution >= 0.6 is 0 Å². The van der Waals surface area contributed by atoms with Gasteiger partial charge in [-0.3, -0.25) is 0 Å². The molecule has 1 aliphatic heterocycles. The van der Waals surface area contributed by atoms with Crippen LogP contribution < -0.4 is 5.32 Å². The van der Waals surface area contributed by atoms with Crippen LogP contribution in [0.25, 0.3) is 0 Å². The molecule has 272 valence electrons. The van der Waals surface area contributed by atoms with Crippen molar-refractivity contribution >= 4 is 0 Å². The average Bonchev–Trinajstić information content (AvgIpc) is 3.60. The van der Waals surface area contributed by atoms with E-state index in [0.29, 0.717) is 18.1 Å². The molecular formula is C44H79NO2. The topological polar surface area (TPSA) is 30.5 Å². The lowest BCUT2D eigenvalue weighted by molar-refractivity contribution is -0.192. The van der Waals surface area contributed by atoms with Crippen LogP contribution in [0.2, 0.25) is 0 Å². The molecule has 0 unspecified atom stereocenters. The van der Waals surface area contributed by atoms with Crippen LogP contribution in [0.15, 0.2) is 48.6 Å². The van der Waals surface area contributed by atoms with Crippen LogP contribution in [0, 0.1) is 5.92 Å². The number of nitrogens with one attached hydrogen (secondary N) is 1. The molecule has 0 radical (unpaired) electrons. The zero-order valence-corrected chi connectivity index (χ0v) is 31.7. The van der Waals surface area contributed by atoms with Crippen molar-refractivity contribution in [3.63, 3.8) is 0 Å². The average molecular weight is 654 g/mol. The molecule has 0 amide bonds. The van der Waals surface area contributed by atoms with E-state index < -0.39 is 0 Å². The van der Waals surface area contributed by atoms with E-state index in [-0.39, 0.29) is 5.79 Å². The molecule has 3 atom stereocenters. The summed E-state index contributed by atoms with van der Waals surface area (Å²) in [5, 5.41) is 3.37. The van der Waals surface area contributed by atoms with E-state index in [0.717, 1.165) is 32.2 Å². The Labute approximate surface area is 293 Å². The second kappa shape index (κ2) is 29.7. The first-order chi connectivity index (χ1) is 23.2. The SMILES string of the molecule is CCCCC/C=C\C/C=C\CCCCCCCCC1(CCCCCCCC/C=C\C/C=C\CCCCC)O[C@H]2C[C@H](CNC)C[C@H]2O1. The Bertz CT molecular complexity index is 750. The van der Waals surface area contributed by atoms with E-state index in [1.807, 2.05) is 0 Å². The summed E-state index contributed by atoms with van der Waals surface area (Å²) >= 11 is 0. The van der Waals surface area contributed by atoms with E-state index in [2.05, 4.69) is 74.8 Å². The number of fused-ring (bicyclic) bond motifs is 1. The molecule has 0 aromatic heterocycles. The second-order valence-corrected chi connectivity index (χ2v) is 14.8. The molecule has 2 fully saturated rings. The van der Waals surface area contributed by atoms with Gasteiger partial charge in [-0.05, 0) is 109 Å². The van der Waals surface area contributed by atoms with Gasteiger partial charge < -0.3 is 14.8 Å². The van der Waals surface area contributed by atoms with Crippen molar-refractivity contribution in [1.82, 2.24) is 5.32 Å². The lowest BCUT2D eigenvalue weighted by Crippen LogP contribution is -2.33. The highest BCUT2D eigenvalue weighted by molar-refractivity contribution is 4.95. The highest BCUT2D eigenvalue weighted by atomic mass is 16.8. The molecule has 1 aliphatic carbocycles. The zero-order chi connectivity index (χ0) is 33.5. The van der Waals surface area contributed by atoms with Gasteiger partial charge in [-0.2, -0.15) is 0 Å². The summed E-state index contributed by atoms with van der Waals surface area (Å²) in [6.45, 7) is 5.63. The van der Waals surface area contributed by atoms with Crippen molar-refractivity contribution in [2.45, 2.75) is 212 Å². The second-order valence-electron chi connectivity index (χ2n) is 14.8. The van der Waals surface area contributed by atoms with Crippen LogP contribution in [0.3, 0.4) is 0 Å². The fourth-order valence-corrected chi connectivity index (χ4v) is 7.47. The highest BCUT2D eigenvalue weighted by Crippen LogP contribution is 2.45. The minimum atomic E-state index is -0.301. The van der Waals surface area contributed by atoms with Crippen LogP contribution in [0.1, 0.15) is 194 Å². The van der Waals surface area contributed by atoms with E-state index in [1.165, 1.54) is 154 Å². The molecule has 47 heavy (non-hydrogen) atoms. The summed E-state index contributed by atoms with van der Waals surface area (Å²) in [5.41, 5.74) is 0. The third-order valence-corrected chi connectivity index (χ3v) is 10.3. The summed E-state index contributed by atoms with van der Waals surface area (Å²) in [6, 6.07) is 0. The van der Waals surface area contributed by atoms with Crippen molar-refractivity contribution < 1.29 is 9.47 Å². The van der Waals surface area contributed by atoms with E-state index >= 15 is 0 Å². The number of hydrogen-bond donors (Lipinski definition) is 1. The van der Waals surface area contributed by atoms with Crippen molar-refractivity contribution in [3.05, 3.63) is 48.6 Å². The quantitative estimate of drug-likeness (QED) is 0.0579. The third kappa shape index (κ3) is 21.5. The Morgan fingerprint density at radius 3 is 1.23 bits per heavy atom. The van der Waals surface area contributed by atoms with Crippen molar-refractivity contribution in [3.8, 4) is 0 Å². The fraction of sp³-hybridized carbons (Fsp3) is 0.818. The molecule has 0 bridgehead atoms. The number of allylic oxidation sites excluding steroid dienone is 8. The van der Waals surface area contributed by atoms with Gasteiger partial charge in [-0.15, -0.1) is 0 Å². The highest BCUT2D eigenvalue weighted by Gasteiger charge is 2.50. The Kier molecular flexibility index (Phi) is 26.6. The molecule has 3 heteroatoms. The van der Waals surface area contributed by atoms with Crippen LogP contribution in [-0.4, -0.2) is 31.6 Å². The number of unbranched alkanes of at least 4 members (excludes halogenated alkanes) is 18. The number of hydrogen-bond acceptors (Lipinski definition) is 3. The van der Waals surface area contributed by atoms with Crippen molar-refractivity contribution in [2.75, 3.05) is 13.6 Å². The lowest BCUT2D eigenvalue weighted by atomic mass is 9.98. The van der Waals surface area contributed by atoms with Crippen LogP contribution in [0.5, 0.6) is 0 Å². The summed E-state index contributed by atoms with van der Waals surface area (Å²) in [4.78, 5) is 0. The number of rotatable bonds is 32. The van der Waals surface area contributed by atoms with Gasteiger partial charge in [0.2, 0.25) is 0 Å². The predicted molar refractivity (Wildman–Crippen MR) is 207 cm³/mol. The monoisotopic (exact) mass is 654 g/mol. The number of ether oxygens (including phenoxy) is 2. The smallest absolute Gasteiger partial charge is 0.169 e. The fourth-order valence-electron chi connectivity index (χ4n) is 7.47. The molecule has 1 saturated heterocycles. The maximum atomic E-state index is 6.82. The van der Waals surface area contributed by atoms with Gasteiger partial charge in [0, 0.05) is 12.8 Å². The van der Waals surface area contributed by atoms with Crippen LogP contribution in [-0.2, 0) is 9.47 Å². The first kappa shape index (κ1) is 42.0. The largest absolute Gasteiger partial charge is 0.344 e. The van der Waals surface area contributed by atoms with Gasteiger partial charge in [0.05, 0.1) is 12.2 Å². The maximum absolute atomic E-state index is 6.82. The van der Waals surface area contributed by atoms with Gasteiger partial charge in [0.1, 0.15) is 0 Å². The first-order valence-electron chi connectivity index (χ1n) is 20.8. The maximum Gasteiger partial charge on any atom is 0.169 e. The molecular weight excluding hydrogens is 574 g/mol. The van der Waals surface area contributed by atoms with Gasteiger partial charge in [0.15, 0.2) is 5.79 Å². The van der Waals surface area contributed by atoms with E-state index in [1.54, 1.807) is 0 Å². The molecule has 0 aromatic rings. The molecule has 1 saturated carbocycles. The molecule has 1 N–H and O–H groups in total. The Morgan fingerprint density at radius 1 is 0.489 bits per heavy atom. The Morgan fingerprint density at radius 2 is 0.851 bits per heavy atom. The molecule has 3 nitrogen and oxygen atoms in total. The van der Waals surface area contributed by atoms with Gasteiger partial charge in [-0.1, -0.05) is 140 Å². The van der Waals surface area contributed by atoms with E-state index in [9.17, 15) is 0 Å². The summed E-state index contributed by atoms with van der Waals surface area (Å²) < 4.78 is 13.6. The molecule has 2 aliphatic rings. The summed E-state index contributed by atoms with van der Waals surface area (Å²) in [7, 11) is 2.07. The van der Waals surface area contributed by atoms with E-state index in [4.69, 9.17) is 9.47 Å². The summed E-state index contributed by atoms with van der Waals surface area (Å²) in [6.07, 6.45) is 55.1. The van der Waals surface area contributed by atoms with Gasteiger partial charge in [0.25, 0.3) is 0 Å². The third-order valence-electron chi connectivity index (χ3n) is 10.3. The Balaban J connectivity index is 1.55. The molecule has 1 heterocycles. The van der Waals surface area contributed by atoms with Crippen molar-refractivity contribution in [1.29, 1.82) is 0 Å². The molecule has 0 aromatic carbocycles. The zero-order valence-electron chi connectivity index (χ0n) is 31.7. The summed E-state index contributed by atoms with van der Waals surface area (Å²) in [5.74, 6) is 0.404.